The van der Waals surface area contributed by atoms with Crippen LogP contribution in [0.1, 0.15) is 11.3 Å². The molecule has 1 aliphatic heterocycles. The van der Waals surface area contributed by atoms with E-state index in [-0.39, 0.29) is 17.7 Å². The number of nitrogens with zero attached hydrogens (tertiary/aromatic N) is 3. The zero-order valence-corrected chi connectivity index (χ0v) is 17.6. The largest absolute Gasteiger partial charge is 0.379 e. The summed E-state index contributed by atoms with van der Waals surface area (Å²) in [5, 5.41) is 4.63. The van der Waals surface area contributed by atoms with Gasteiger partial charge in [-0.15, -0.1) is 0 Å². The number of rotatable bonds is 5. The van der Waals surface area contributed by atoms with Crippen LogP contribution in [0.4, 0.5) is 0 Å². The Hall–Kier alpha value is -2.06. The van der Waals surface area contributed by atoms with Crippen molar-refractivity contribution >= 4 is 34.1 Å². The first-order valence-corrected chi connectivity index (χ1v) is 10.3. The summed E-state index contributed by atoms with van der Waals surface area (Å²) in [7, 11) is 0. The molecule has 1 aromatic carbocycles. The minimum absolute atomic E-state index is 0.127. The van der Waals surface area contributed by atoms with E-state index < -0.39 is 0 Å². The average molecular weight is 437 g/mol. The molecule has 4 rings (SSSR count). The Bertz CT molecular complexity index is 1160. The number of hydrogen-bond acceptors (Lipinski definition) is 4. The van der Waals surface area contributed by atoms with Gasteiger partial charge in [0.1, 0.15) is 0 Å². The third-order valence-corrected chi connectivity index (χ3v) is 5.97. The SMILES string of the molecule is Cc1c2c(=O)n(Cc3cc(Cl)ccc3Cl)[nH]c2cc(=O)n1CCN1CCOCC1. The predicted octanol–water partition coefficient (Wildman–Crippen LogP) is 2.49. The second kappa shape index (κ2) is 8.36. The Kier molecular flexibility index (Phi) is 5.83. The van der Waals surface area contributed by atoms with Crippen molar-refractivity contribution in [1.29, 1.82) is 0 Å². The van der Waals surface area contributed by atoms with Crippen LogP contribution >= 0.6 is 23.2 Å². The number of morpholine rings is 1. The van der Waals surface area contributed by atoms with Crippen LogP contribution in [0.3, 0.4) is 0 Å². The van der Waals surface area contributed by atoms with E-state index in [9.17, 15) is 9.59 Å². The van der Waals surface area contributed by atoms with Crippen LogP contribution < -0.4 is 11.1 Å². The van der Waals surface area contributed by atoms with E-state index in [0.29, 0.717) is 46.4 Å². The monoisotopic (exact) mass is 436 g/mol. The minimum Gasteiger partial charge on any atom is -0.379 e. The summed E-state index contributed by atoms with van der Waals surface area (Å²) < 4.78 is 8.49. The van der Waals surface area contributed by atoms with Crippen molar-refractivity contribution in [3.63, 3.8) is 0 Å². The van der Waals surface area contributed by atoms with Gasteiger partial charge in [0.05, 0.1) is 30.7 Å². The number of aromatic amines is 1. The molecule has 2 aromatic heterocycles. The summed E-state index contributed by atoms with van der Waals surface area (Å²) in [4.78, 5) is 27.9. The molecule has 0 unspecified atom stereocenters. The molecule has 0 aliphatic carbocycles. The molecular formula is C20H22Cl2N4O3. The van der Waals surface area contributed by atoms with Crippen molar-refractivity contribution < 1.29 is 4.74 Å². The van der Waals surface area contributed by atoms with Crippen LogP contribution in [-0.2, 0) is 17.8 Å². The van der Waals surface area contributed by atoms with Crippen molar-refractivity contribution in [2.24, 2.45) is 0 Å². The highest BCUT2D eigenvalue weighted by atomic mass is 35.5. The van der Waals surface area contributed by atoms with Crippen LogP contribution in [0.25, 0.3) is 10.9 Å². The van der Waals surface area contributed by atoms with E-state index in [0.717, 1.165) is 25.2 Å². The summed E-state index contributed by atoms with van der Waals surface area (Å²) in [5.41, 5.74) is 1.61. The fourth-order valence-corrected chi connectivity index (χ4v) is 4.12. The second-order valence-electron chi connectivity index (χ2n) is 7.20. The molecular weight excluding hydrogens is 415 g/mol. The number of nitrogens with one attached hydrogen (secondary N) is 1. The smallest absolute Gasteiger partial charge is 0.276 e. The first kappa shape index (κ1) is 20.2. The van der Waals surface area contributed by atoms with Crippen LogP contribution in [0.5, 0.6) is 0 Å². The van der Waals surface area contributed by atoms with E-state index in [1.807, 2.05) is 6.92 Å². The number of H-pyrrole nitrogens is 1. The number of fused-ring (bicyclic) bond motifs is 1. The van der Waals surface area contributed by atoms with Gasteiger partial charge in [-0.3, -0.25) is 19.6 Å². The Morgan fingerprint density at radius 2 is 1.86 bits per heavy atom. The maximum Gasteiger partial charge on any atom is 0.276 e. The van der Waals surface area contributed by atoms with Crippen LogP contribution in [-0.4, -0.2) is 52.1 Å². The topological polar surface area (TPSA) is 72.3 Å². The van der Waals surface area contributed by atoms with Gasteiger partial charge in [-0.1, -0.05) is 23.2 Å². The van der Waals surface area contributed by atoms with Crippen LogP contribution in [0.2, 0.25) is 10.0 Å². The molecule has 3 heterocycles. The number of ether oxygens (including phenoxy) is 1. The molecule has 0 saturated carbocycles. The first-order chi connectivity index (χ1) is 13.9. The van der Waals surface area contributed by atoms with Gasteiger partial charge in [0.2, 0.25) is 0 Å². The van der Waals surface area contributed by atoms with Gasteiger partial charge in [-0.25, -0.2) is 4.68 Å². The molecule has 0 bridgehead atoms. The molecule has 0 spiro atoms. The molecule has 3 aromatic rings. The maximum absolute atomic E-state index is 13.0. The van der Waals surface area contributed by atoms with E-state index in [1.165, 1.54) is 10.7 Å². The summed E-state index contributed by atoms with van der Waals surface area (Å²) >= 11 is 12.3. The number of benzene rings is 1. The fraction of sp³-hybridized carbons (Fsp3) is 0.400. The quantitative estimate of drug-likeness (QED) is 0.666. The maximum atomic E-state index is 13.0. The van der Waals surface area contributed by atoms with E-state index in [1.54, 1.807) is 22.8 Å². The van der Waals surface area contributed by atoms with Crippen LogP contribution in [0.15, 0.2) is 33.9 Å². The number of aromatic nitrogens is 3. The third kappa shape index (κ3) is 4.14. The summed E-state index contributed by atoms with van der Waals surface area (Å²) in [6, 6.07) is 6.62. The van der Waals surface area contributed by atoms with Gasteiger partial charge < -0.3 is 9.30 Å². The van der Waals surface area contributed by atoms with Crippen molar-refractivity contribution in [1.82, 2.24) is 19.2 Å². The Labute approximate surface area is 177 Å². The molecule has 1 N–H and O–H groups in total. The normalized spacial score (nSPS) is 15.3. The summed E-state index contributed by atoms with van der Waals surface area (Å²) in [6.07, 6.45) is 0. The Morgan fingerprint density at radius 1 is 1.10 bits per heavy atom. The number of pyridine rings is 1. The van der Waals surface area contributed by atoms with Crippen LogP contribution in [0, 0.1) is 6.92 Å². The Balaban J connectivity index is 1.67. The lowest BCUT2D eigenvalue weighted by atomic mass is 10.2. The van der Waals surface area contributed by atoms with E-state index in [4.69, 9.17) is 27.9 Å². The van der Waals surface area contributed by atoms with Gasteiger partial charge >= 0.3 is 0 Å². The van der Waals surface area contributed by atoms with Gasteiger partial charge in [-0.05, 0) is 30.7 Å². The van der Waals surface area contributed by atoms with Crippen molar-refractivity contribution in [2.45, 2.75) is 20.0 Å². The first-order valence-electron chi connectivity index (χ1n) is 9.51. The third-order valence-electron chi connectivity index (χ3n) is 5.36. The van der Waals surface area contributed by atoms with Gasteiger partial charge in [0.15, 0.2) is 0 Å². The summed E-state index contributed by atoms with van der Waals surface area (Å²) in [6.45, 7) is 6.46. The molecule has 1 saturated heterocycles. The average Bonchev–Trinajstić information content (AvgIpc) is 3.00. The molecule has 0 radical (unpaired) electrons. The predicted molar refractivity (Wildman–Crippen MR) is 114 cm³/mol. The number of hydrogen-bond donors (Lipinski definition) is 1. The number of aryl methyl sites for hydroxylation is 1. The van der Waals surface area contributed by atoms with Crippen molar-refractivity contribution in [3.8, 4) is 0 Å². The van der Waals surface area contributed by atoms with E-state index >= 15 is 0 Å². The molecule has 154 valence electrons. The van der Waals surface area contributed by atoms with Crippen molar-refractivity contribution in [2.75, 3.05) is 32.8 Å². The molecule has 9 heteroatoms. The fourth-order valence-electron chi connectivity index (χ4n) is 3.75. The summed E-state index contributed by atoms with van der Waals surface area (Å²) in [5.74, 6) is 0. The minimum atomic E-state index is -0.186. The van der Waals surface area contributed by atoms with Gasteiger partial charge in [0.25, 0.3) is 11.1 Å². The number of halogens is 2. The van der Waals surface area contributed by atoms with Gasteiger partial charge in [-0.2, -0.15) is 0 Å². The van der Waals surface area contributed by atoms with Crippen molar-refractivity contribution in [3.05, 3.63) is 66.3 Å². The zero-order valence-electron chi connectivity index (χ0n) is 16.1. The highest BCUT2D eigenvalue weighted by Crippen LogP contribution is 2.21. The highest BCUT2D eigenvalue weighted by Gasteiger charge is 2.16. The zero-order chi connectivity index (χ0) is 20.5. The lowest BCUT2D eigenvalue weighted by Crippen LogP contribution is -2.39. The second-order valence-corrected chi connectivity index (χ2v) is 8.04. The van der Waals surface area contributed by atoms with E-state index in [2.05, 4.69) is 10.00 Å². The Morgan fingerprint density at radius 3 is 2.62 bits per heavy atom. The highest BCUT2D eigenvalue weighted by molar-refractivity contribution is 6.33. The lowest BCUT2D eigenvalue weighted by Gasteiger charge is -2.27. The van der Waals surface area contributed by atoms with Gasteiger partial charge in [0, 0.05) is 48.0 Å². The molecule has 29 heavy (non-hydrogen) atoms. The molecule has 7 nitrogen and oxygen atoms in total. The molecule has 0 atom stereocenters. The molecule has 1 aliphatic rings. The molecule has 0 amide bonds. The lowest BCUT2D eigenvalue weighted by molar-refractivity contribution is 0.0362. The standard InChI is InChI=1S/C20H22Cl2N4O3/c1-13-19-17(11-18(27)25(13)5-4-24-6-8-29-9-7-24)23-26(20(19)28)12-14-10-15(21)2-3-16(14)22/h2-3,10-11,23H,4-9,12H2,1H3. The molecule has 1 fully saturated rings.